The number of benzene rings is 1. The van der Waals surface area contributed by atoms with Crippen molar-refractivity contribution in [3.63, 3.8) is 0 Å². The van der Waals surface area contributed by atoms with E-state index in [0.29, 0.717) is 5.02 Å². The van der Waals surface area contributed by atoms with E-state index >= 15 is 0 Å². The number of carboxylic acids is 1. The molecule has 0 atom stereocenters. The molecule has 0 bridgehead atoms. The summed E-state index contributed by atoms with van der Waals surface area (Å²) in [5, 5.41) is 10.9. The van der Waals surface area contributed by atoms with E-state index in [2.05, 4.69) is 0 Å². The van der Waals surface area contributed by atoms with Crippen molar-refractivity contribution < 1.29 is 9.90 Å². The molecule has 1 aromatic rings. The SMILES string of the molecule is Cc1cc(Cl)ccc1CC(=O)[O-]. The second kappa shape index (κ2) is 3.59. The van der Waals surface area contributed by atoms with Gasteiger partial charge >= 0.3 is 0 Å². The average Bonchev–Trinajstić information content (AvgIpc) is 1.94. The highest BCUT2D eigenvalue weighted by molar-refractivity contribution is 6.30. The molecule has 0 aromatic heterocycles. The van der Waals surface area contributed by atoms with Crippen LogP contribution in [0.15, 0.2) is 18.2 Å². The second-order valence-electron chi connectivity index (χ2n) is 2.62. The molecule has 0 aliphatic rings. The number of rotatable bonds is 2. The van der Waals surface area contributed by atoms with Crippen molar-refractivity contribution in [2.24, 2.45) is 0 Å². The van der Waals surface area contributed by atoms with Gasteiger partial charge in [0.25, 0.3) is 0 Å². The fourth-order valence-corrected chi connectivity index (χ4v) is 1.24. The normalized spacial score (nSPS) is 9.83. The van der Waals surface area contributed by atoms with Crippen LogP contribution in [0.1, 0.15) is 11.1 Å². The summed E-state index contributed by atoms with van der Waals surface area (Å²) < 4.78 is 0. The van der Waals surface area contributed by atoms with Crippen molar-refractivity contribution in [3.8, 4) is 0 Å². The first-order valence-corrected chi connectivity index (χ1v) is 3.92. The molecule has 1 rings (SSSR count). The van der Waals surface area contributed by atoms with Gasteiger partial charge in [0, 0.05) is 17.4 Å². The van der Waals surface area contributed by atoms with Gasteiger partial charge in [-0.1, -0.05) is 17.7 Å². The first-order valence-electron chi connectivity index (χ1n) is 3.54. The molecule has 0 fully saturated rings. The molecule has 12 heavy (non-hydrogen) atoms. The molecule has 3 heteroatoms. The first-order chi connectivity index (χ1) is 5.59. The van der Waals surface area contributed by atoms with Gasteiger partial charge in [0.05, 0.1) is 0 Å². The third-order valence-electron chi connectivity index (χ3n) is 1.64. The molecular weight excluding hydrogens is 176 g/mol. The summed E-state index contributed by atoms with van der Waals surface area (Å²) in [7, 11) is 0. The minimum Gasteiger partial charge on any atom is -0.550 e. The maximum absolute atomic E-state index is 10.3. The van der Waals surface area contributed by atoms with E-state index in [-0.39, 0.29) is 6.42 Å². The van der Waals surface area contributed by atoms with Gasteiger partial charge in [-0.3, -0.25) is 0 Å². The largest absolute Gasteiger partial charge is 0.550 e. The molecule has 0 aliphatic carbocycles. The summed E-state index contributed by atoms with van der Waals surface area (Å²) in [6.07, 6.45) is -0.0526. The Morgan fingerprint density at radius 2 is 2.25 bits per heavy atom. The van der Waals surface area contributed by atoms with E-state index in [4.69, 9.17) is 11.6 Å². The van der Waals surface area contributed by atoms with E-state index in [1.807, 2.05) is 6.92 Å². The monoisotopic (exact) mass is 183 g/mol. The summed E-state index contributed by atoms with van der Waals surface area (Å²) in [4.78, 5) is 10.3. The van der Waals surface area contributed by atoms with Crippen molar-refractivity contribution in [2.45, 2.75) is 13.3 Å². The highest BCUT2D eigenvalue weighted by atomic mass is 35.5. The minimum atomic E-state index is -1.07. The highest BCUT2D eigenvalue weighted by Crippen LogP contribution is 2.15. The van der Waals surface area contributed by atoms with Crippen LogP contribution in [0.4, 0.5) is 0 Å². The van der Waals surface area contributed by atoms with E-state index in [1.54, 1.807) is 18.2 Å². The molecule has 2 nitrogen and oxygen atoms in total. The number of hydrogen-bond donors (Lipinski definition) is 0. The summed E-state index contributed by atoms with van der Waals surface area (Å²) in [5.74, 6) is -1.07. The Hall–Kier alpha value is -1.02. The number of carboxylic acid groups (broad SMARTS) is 1. The fourth-order valence-electron chi connectivity index (χ4n) is 1.01. The lowest BCUT2D eigenvalue weighted by molar-refractivity contribution is -0.304. The Morgan fingerprint density at radius 3 is 2.75 bits per heavy atom. The third-order valence-corrected chi connectivity index (χ3v) is 1.87. The molecule has 0 saturated heterocycles. The van der Waals surface area contributed by atoms with E-state index < -0.39 is 5.97 Å². The van der Waals surface area contributed by atoms with Crippen LogP contribution in [-0.4, -0.2) is 5.97 Å². The summed E-state index contributed by atoms with van der Waals surface area (Å²) >= 11 is 5.69. The Morgan fingerprint density at radius 1 is 1.58 bits per heavy atom. The predicted molar refractivity (Wildman–Crippen MR) is 44.9 cm³/mol. The molecule has 0 amide bonds. The van der Waals surface area contributed by atoms with Crippen molar-refractivity contribution in [3.05, 3.63) is 34.3 Å². The fraction of sp³-hybridized carbons (Fsp3) is 0.222. The smallest absolute Gasteiger partial charge is 0.0458 e. The van der Waals surface area contributed by atoms with Crippen molar-refractivity contribution in [1.82, 2.24) is 0 Å². The zero-order chi connectivity index (χ0) is 9.14. The summed E-state index contributed by atoms with van der Waals surface area (Å²) in [5.41, 5.74) is 1.63. The lowest BCUT2D eigenvalue weighted by Gasteiger charge is -2.06. The maximum Gasteiger partial charge on any atom is 0.0458 e. The highest BCUT2D eigenvalue weighted by Gasteiger charge is 1.98. The lowest BCUT2D eigenvalue weighted by Crippen LogP contribution is -2.24. The number of hydrogen-bond acceptors (Lipinski definition) is 2. The Labute approximate surface area is 75.8 Å². The zero-order valence-corrected chi connectivity index (χ0v) is 7.39. The van der Waals surface area contributed by atoms with Crippen LogP contribution in [0.2, 0.25) is 5.02 Å². The van der Waals surface area contributed by atoms with E-state index in [0.717, 1.165) is 11.1 Å². The van der Waals surface area contributed by atoms with Gasteiger partial charge < -0.3 is 9.90 Å². The quantitative estimate of drug-likeness (QED) is 0.685. The molecular formula is C9H8ClO2-. The van der Waals surface area contributed by atoms with Gasteiger partial charge in [0.1, 0.15) is 0 Å². The number of aliphatic carboxylic acids is 1. The Bertz CT molecular complexity index is 307. The van der Waals surface area contributed by atoms with Crippen molar-refractivity contribution >= 4 is 17.6 Å². The summed E-state index contributed by atoms with van der Waals surface area (Å²) in [6.45, 7) is 1.82. The zero-order valence-electron chi connectivity index (χ0n) is 6.63. The third kappa shape index (κ3) is 2.24. The Kier molecular flexibility index (Phi) is 2.71. The molecule has 0 N–H and O–H groups in total. The van der Waals surface area contributed by atoms with Crippen LogP contribution >= 0.6 is 11.6 Å². The van der Waals surface area contributed by atoms with Gasteiger partial charge in [-0.05, 0) is 30.2 Å². The molecule has 0 spiro atoms. The molecule has 64 valence electrons. The van der Waals surface area contributed by atoms with E-state index in [1.165, 1.54) is 0 Å². The predicted octanol–water partition coefficient (Wildman–Crippen LogP) is 0.941. The van der Waals surface area contributed by atoms with Gasteiger partial charge in [0.2, 0.25) is 0 Å². The van der Waals surface area contributed by atoms with Crippen molar-refractivity contribution in [1.29, 1.82) is 0 Å². The number of aryl methyl sites for hydroxylation is 1. The molecule has 0 saturated carbocycles. The van der Waals surface area contributed by atoms with Crippen LogP contribution in [-0.2, 0) is 11.2 Å². The average molecular weight is 184 g/mol. The van der Waals surface area contributed by atoms with Crippen LogP contribution in [0.3, 0.4) is 0 Å². The molecule has 0 aliphatic heterocycles. The minimum absolute atomic E-state index is 0.0526. The lowest BCUT2D eigenvalue weighted by atomic mass is 10.1. The second-order valence-corrected chi connectivity index (χ2v) is 3.06. The number of halogens is 1. The number of carbonyl (C=O) groups excluding carboxylic acids is 1. The molecule has 0 heterocycles. The number of carbonyl (C=O) groups is 1. The van der Waals surface area contributed by atoms with Crippen LogP contribution in [0.25, 0.3) is 0 Å². The molecule has 0 radical (unpaired) electrons. The van der Waals surface area contributed by atoms with Crippen LogP contribution in [0, 0.1) is 6.92 Å². The van der Waals surface area contributed by atoms with Crippen LogP contribution in [0.5, 0.6) is 0 Å². The summed E-state index contributed by atoms with van der Waals surface area (Å²) in [6, 6.07) is 5.11. The standard InChI is InChI=1S/C9H9ClO2/c1-6-4-8(10)3-2-7(6)5-9(11)12/h2-4H,5H2,1H3,(H,11,12)/p-1. The van der Waals surface area contributed by atoms with Gasteiger partial charge in [-0.2, -0.15) is 0 Å². The van der Waals surface area contributed by atoms with Gasteiger partial charge in [-0.25, -0.2) is 0 Å². The molecule has 1 aromatic carbocycles. The van der Waals surface area contributed by atoms with Gasteiger partial charge in [0.15, 0.2) is 0 Å². The molecule has 0 unspecified atom stereocenters. The van der Waals surface area contributed by atoms with E-state index in [9.17, 15) is 9.90 Å². The maximum atomic E-state index is 10.3. The van der Waals surface area contributed by atoms with Gasteiger partial charge in [-0.15, -0.1) is 0 Å². The topological polar surface area (TPSA) is 40.1 Å². The Balaban J connectivity index is 2.93. The van der Waals surface area contributed by atoms with Crippen LogP contribution < -0.4 is 5.11 Å². The first kappa shape index (κ1) is 9.07. The van der Waals surface area contributed by atoms with Crippen molar-refractivity contribution in [2.75, 3.05) is 0 Å².